The van der Waals surface area contributed by atoms with Crippen molar-refractivity contribution >= 4 is 25.0 Å². The van der Waals surface area contributed by atoms with E-state index < -0.39 is 32.8 Å². The molecule has 0 aliphatic rings. The van der Waals surface area contributed by atoms with Gasteiger partial charge in [0.05, 0.1) is 0 Å². The van der Waals surface area contributed by atoms with Crippen molar-refractivity contribution in [3.05, 3.63) is 29.8 Å². The summed E-state index contributed by atoms with van der Waals surface area (Å²) < 4.78 is 63.4. The molecule has 0 fully saturated rings. The Kier molecular flexibility index (Phi) is 3.88. The van der Waals surface area contributed by atoms with Gasteiger partial charge in [0.25, 0.3) is 0 Å². The molecule has 0 spiro atoms. The molecule has 90 valence electrons. The summed E-state index contributed by atoms with van der Waals surface area (Å²) in [6.07, 6.45) is 0. The Bertz CT molecular complexity index is 336. The first kappa shape index (κ1) is 13.7. The molecule has 1 rings (SSSR count). The Morgan fingerprint density at radius 1 is 0.812 bits per heavy atom. The van der Waals surface area contributed by atoms with Gasteiger partial charge in [0.2, 0.25) is 0 Å². The summed E-state index contributed by atoms with van der Waals surface area (Å²) >= 11 is -5.72. The number of alkyl halides is 6. The molecule has 0 aromatic heterocycles. The fourth-order valence-corrected chi connectivity index (χ4v) is 6.26. The van der Waals surface area contributed by atoms with Crippen molar-refractivity contribution in [2.24, 2.45) is 0 Å². The van der Waals surface area contributed by atoms with Gasteiger partial charge < -0.3 is 0 Å². The monoisotopic (exact) mass is 438 g/mol. The molecule has 1 aromatic carbocycles. The van der Waals surface area contributed by atoms with E-state index in [1.165, 1.54) is 12.1 Å². The molecule has 1 aromatic rings. The Hall–Kier alpha value is -0.317. The van der Waals surface area contributed by atoms with Gasteiger partial charge in [0, 0.05) is 0 Å². The van der Waals surface area contributed by atoms with Crippen LogP contribution in [-0.2, 0) is 0 Å². The summed E-state index contributed by atoms with van der Waals surface area (Å²) in [6, 6.07) is 4.42. The summed E-state index contributed by atoms with van der Waals surface area (Å²) in [7, 11) is 0. The van der Waals surface area contributed by atoms with E-state index in [4.69, 9.17) is 0 Å². The summed E-state index contributed by atoms with van der Waals surface area (Å²) in [5.41, 5.74) is 0.636. The Balaban J connectivity index is 3.18. The predicted octanol–water partition coefficient (Wildman–Crippen LogP) is 2.90. The van der Waals surface area contributed by atoms with Crippen molar-refractivity contribution in [1.82, 2.24) is 0 Å². The third-order valence-corrected chi connectivity index (χ3v) is 8.91. The van der Waals surface area contributed by atoms with Crippen LogP contribution >= 0.6 is 0 Å². The van der Waals surface area contributed by atoms with Gasteiger partial charge in [-0.3, -0.25) is 0 Å². The Morgan fingerprint density at radius 2 is 1.19 bits per heavy atom. The van der Waals surface area contributed by atoms with E-state index in [2.05, 4.69) is 0 Å². The summed E-state index contributed by atoms with van der Waals surface area (Å²) in [6.45, 7) is 1.61. The average Bonchev–Trinajstić information content (AvgIpc) is 2.03. The Morgan fingerprint density at radius 3 is 1.50 bits per heavy atom. The minimum absolute atomic E-state index is 0.583. The maximum atomic E-state index is 12.4. The number of aryl methyl sites for hydroxylation is 1. The average molecular weight is 438 g/mol. The molecule has 0 aliphatic heterocycles. The van der Waals surface area contributed by atoms with Gasteiger partial charge in [0.15, 0.2) is 0 Å². The summed E-state index contributed by atoms with van der Waals surface area (Å²) in [5, 5.41) is 0. The number of benzene rings is 1. The normalized spacial score (nSPS) is 13.2. The molecule has 0 atom stereocenters. The molecule has 16 heavy (non-hydrogen) atoms. The van der Waals surface area contributed by atoms with E-state index in [1.807, 2.05) is 0 Å². The van der Waals surface area contributed by atoms with Crippen LogP contribution in [0.1, 0.15) is 5.56 Å². The van der Waals surface area contributed by atoms with Crippen molar-refractivity contribution in [3.8, 4) is 0 Å². The molecule has 0 N–H and O–H groups in total. The van der Waals surface area contributed by atoms with Gasteiger partial charge in [-0.15, -0.1) is 0 Å². The van der Waals surface area contributed by atoms with Gasteiger partial charge in [0.1, 0.15) is 0 Å². The van der Waals surface area contributed by atoms with E-state index in [9.17, 15) is 26.3 Å². The van der Waals surface area contributed by atoms with E-state index in [0.29, 0.717) is 5.56 Å². The number of rotatable bonds is 1. The fourth-order valence-electron chi connectivity index (χ4n) is 1.13. The molecule has 0 bridgehead atoms. The second-order valence-electron chi connectivity index (χ2n) is 3.11. The maximum absolute atomic E-state index is 12.4. The third-order valence-electron chi connectivity index (χ3n) is 1.80. The third kappa shape index (κ3) is 3.34. The molecule has 0 heterocycles. The van der Waals surface area contributed by atoms with Crippen molar-refractivity contribution in [2.45, 2.75) is 14.7 Å². The second-order valence-corrected chi connectivity index (χ2v) is 11.7. The number of hydrogen-bond acceptors (Lipinski definition) is 0. The Labute approximate surface area is 95.9 Å². The first-order valence-corrected chi connectivity index (χ1v) is 9.34. The van der Waals surface area contributed by atoms with Gasteiger partial charge in [-0.2, -0.15) is 0 Å². The molecular weight excluding hydrogens is 431 g/mol. The predicted molar refractivity (Wildman–Crippen MR) is 48.7 cm³/mol. The van der Waals surface area contributed by atoms with E-state index >= 15 is 0 Å². The van der Waals surface area contributed by atoms with Crippen LogP contribution in [0, 0.1) is 6.92 Å². The van der Waals surface area contributed by atoms with E-state index in [0.717, 1.165) is 12.1 Å². The molecule has 7 heteroatoms. The van der Waals surface area contributed by atoms with Crippen LogP contribution in [0.4, 0.5) is 26.3 Å². The molecule has 0 radical (unpaired) electrons. The van der Waals surface area contributed by atoms with Gasteiger partial charge in [-0.1, -0.05) is 0 Å². The van der Waals surface area contributed by atoms with Gasteiger partial charge in [-0.25, -0.2) is 0 Å². The number of hydrogen-bond donors (Lipinski definition) is 0. The molecule has 0 unspecified atom stereocenters. The summed E-state index contributed by atoms with van der Waals surface area (Å²) in [5.74, 6) is 0. The quantitative estimate of drug-likeness (QED) is 0.468. The van der Waals surface area contributed by atoms with E-state index in [1.54, 1.807) is 6.92 Å². The van der Waals surface area contributed by atoms with Crippen LogP contribution in [0.3, 0.4) is 0 Å². The van der Waals surface area contributed by atoms with E-state index in [-0.39, 0.29) is 0 Å². The molecule has 0 nitrogen and oxygen atoms in total. The molecule has 0 saturated heterocycles. The zero-order valence-electron chi connectivity index (χ0n) is 8.02. The standard InChI is InChI=1S/C7H7.2CF3.Bi/c1-7-5-3-2-4-6-7;2*2-1(3)4;/h3-6H,1H3;;;. The van der Waals surface area contributed by atoms with Crippen LogP contribution in [0.15, 0.2) is 24.3 Å². The zero-order valence-corrected chi connectivity index (χ0v) is 11.5. The van der Waals surface area contributed by atoms with Gasteiger partial charge in [-0.05, 0) is 0 Å². The summed E-state index contributed by atoms with van der Waals surface area (Å²) in [4.78, 5) is 0. The molecule has 0 amide bonds. The zero-order chi connectivity index (χ0) is 12.6. The topological polar surface area (TPSA) is 0 Å². The van der Waals surface area contributed by atoms with Crippen LogP contribution in [-0.4, -0.2) is 29.5 Å². The first-order valence-electron chi connectivity index (χ1n) is 4.13. The molecular formula is C9H7BiF6. The minimum atomic E-state index is -5.72. The van der Waals surface area contributed by atoms with Crippen molar-refractivity contribution in [3.63, 3.8) is 0 Å². The van der Waals surface area contributed by atoms with Crippen molar-refractivity contribution in [2.75, 3.05) is 0 Å². The van der Waals surface area contributed by atoms with Crippen LogP contribution in [0.25, 0.3) is 0 Å². The SMILES string of the molecule is Cc1cc[c]([Bi]([C](F)(F)F)[C](F)(F)F)cc1. The van der Waals surface area contributed by atoms with Crippen LogP contribution in [0.2, 0.25) is 0 Å². The molecule has 0 saturated carbocycles. The number of halogens is 6. The van der Waals surface area contributed by atoms with Gasteiger partial charge >= 0.3 is 95.9 Å². The van der Waals surface area contributed by atoms with Crippen molar-refractivity contribution in [1.29, 1.82) is 0 Å². The molecule has 0 aliphatic carbocycles. The second kappa shape index (κ2) is 4.51. The van der Waals surface area contributed by atoms with Crippen LogP contribution < -0.4 is 3.27 Å². The van der Waals surface area contributed by atoms with Crippen LogP contribution in [0.5, 0.6) is 0 Å². The first-order chi connectivity index (χ1) is 7.12. The van der Waals surface area contributed by atoms with Crippen molar-refractivity contribution < 1.29 is 26.3 Å². The fraction of sp³-hybridized carbons (Fsp3) is 0.333.